The highest BCUT2D eigenvalue weighted by Crippen LogP contribution is 2.41. The number of nitrogens with one attached hydrogen (secondary N) is 2. The molecule has 0 aliphatic carbocycles. The molecule has 1 atom stereocenters. The van der Waals surface area contributed by atoms with Crippen LogP contribution in [-0.4, -0.2) is 56.8 Å². The fraction of sp³-hybridized carbons (Fsp3) is 0.481. The summed E-state index contributed by atoms with van der Waals surface area (Å²) in [7, 11) is 4.84. The van der Waals surface area contributed by atoms with Crippen molar-refractivity contribution in [1.29, 1.82) is 0 Å². The van der Waals surface area contributed by atoms with Crippen LogP contribution in [0, 0.1) is 5.92 Å². The zero-order valence-electron chi connectivity index (χ0n) is 20.8. The molecule has 188 valence electrons. The van der Waals surface area contributed by atoms with Crippen molar-refractivity contribution < 1.29 is 23.8 Å². The molecule has 0 bridgehead atoms. The normalized spacial score (nSPS) is 20.9. The van der Waals surface area contributed by atoms with E-state index in [1.165, 1.54) is 5.56 Å². The predicted octanol–water partition coefficient (Wildman–Crippen LogP) is 3.53. The molecule has 0 aromatic heterocycles. The summed E-state index contributed by atoms with van der Waals surface area (Å²) in [4.78, 5) is 27.5. The lowest BCUT2D eigenvalue weighted by molar-refractivity contribution is -0.127. The lowest BCUT2D eigenvalue weighted by atomic mass is 9.74. The Morgan fingerprint density at radius 2 is 1.66 bits per heavy atom. The van der Waals surface area contributed by atoms with Gasteiger partial charge in [-0.25, -0.2) is 4.79 Å². The maximum Gasteiger partial charge on any atom is 0.322 e. The van der Waals surface area contributed by atoms with Gasteiger partial charge in [-0.15, -0.1) is 0 Å². The number of hydrogen-bond acceptors (Lipinski definition) is 6. The van der Waals surface area contributed by atoms with E-state index >= 15 is 0 Å². The fourth-order valence-electron chi connectivity index (χ4n) is 5.50. The van der Waals surface area contributed by atoms with Gasteiger partial charge < -0.3 is 19.5 Å². The van der Waals surface area contributed by atoms with Gasteiger partial charge in [0.05, 0.1) is 21.3 Å². The van der Waals surface area contributed by atoms with E-state index in [-0.39, 0.29) is 17.9 Å². The van der Waals surface area contributed by atoms with Gasteiger partial charge in [-0.05, 0) is 62.7 Å². The Hall–Kier alpha value is -3.26. The number of imide groups is 1. The van der Waals surface area contributed by atoms with E-state index in [1.807, 2.05) is 30.3 Å². The first-order valence-electron chi connectivity index (χ1n) is 12.2. The topological polar surface area (TPSA) is 89.1 Å². The third-order valence-electron chi connectivity index (χ3n) is 7.31. The molecule has 0 radical (unpaired) electrons. The van der Waals surface area contributed by atoms with Crippen LogP contribution < -0.4 is 24.8 Å². The molecule has 0 saturated carbocycles. The standard InChI is InChI=1S/C27H35N3O5/c1-33-22-12-11-20(23(34-2)24(22)35-3)18-30-16-13-21(14-17-30)27(25(31)28-26(32)29-27)15-7-10-19-8-5-4-6-9-19/h4-6,8-9,11-12,21H,7,10,13-18H2,1-3H3,(H2,28,29,31,32)/t27-/m1/s1. The van der Waals surface area contributed by atoms with Gasteiger partial charge in [0.2, 0.25) is 5.75 Å². The molecule has 2 aliphatic rings. The maximum atomic E-state index is 13.0. The van der Waals surface area contributed by atoms with Gasteiger partial charge in [-0.3, -0.25) is 15.0 Å². The Morgan fingerprint density at radius 1 is 0.943 bits per heavy atom. The molecule has 2 heterocycles. The Kier molecular flexibility index (Phi) is 7.80. The SMILES string of the molecule is COc1ccc(CN2CCC([C@@]3(CCCc4ccccc4)NC(=O)NC3=O)CC2)c(OC)c1OC. The van der Waals surface area contributed by atoms with Crippen molar-refractivity contribution in [2.24, 2.45) is 5.92 Å². The van der Waals surface area contributed by atoms with E-state index in [4.69, 9.17) is 14.2 Å². The summed E-state index contributed by atoms with van der Waals surface area (Å²) in [6.45, 7) is 2.35. The Morgan fingerprint density at radius 3 is 2.26 bits per heavy atom. The number of ether oxygens (including phenoxy) is 3. The van der Waals surface area contributed by atoms with Crippen LogP contribution in [0.4, 0.5) is 4.79 Å². The minimum Gasteiger partial charge on any atom is -0.493 e. The van der Waals surface area contributed by atoms with Crippen LogP contribution in [0.1, 0.15) is 36.8 Å². The molecule has 2 aromatic rings. The lowest BCUT2D eigenvalue weighted by Gasteiger charge is -2.41. The van der Waals surface area contributed by atoms with Crippen molar-refractivity contribution in [1.82, 2.24) is 15.5 Å². The summed E-state index contributed by atoms with van der Waals surface area (Å²) >= 11 is 0. The average Bonchev–Trinajstić information content (AvgIpc) is 3.18. The zero-order chi connectivity index (χ0) is 24.8. The maximum absolute atomic E-state index is 13.0. The number of likely N-dealkylation sites (tertiary alicyclic amines) is 1. The second kappa shape index (κ2) is 11.0. The van der Waals surface area contributed by atoms with Gasteiger partial charge in [0.1, 0.15) is 5.54 Å². The summed E-state index contributed by atoms with van der Waals surface area (Å²) in [5, 5.41) is 5.51. The second-order valence-electron chi connectivity index (χ2n) is 9.26. The monoisotopic (exact) mass is 481 g/mol. The molecule has 0 unspecified atom stereocenters. The number of carbonyl (C=O) groups is 2. The molecule has 2 aliphatic heterocycles. The van der Waals surface area contributed by atoms with Gasteiger partial charge in [-0.2, -0.15) is 0 Å². The van der Waals surface area contributed by atoms with E-state index in [0.29, 0.717) is 30.2 Å². The smallest absolute Gasteiger partial charge is 0.322 e. The summed E-state index contributed by atoms with van der Waals surface area (Å²) in [5.74, 6) is 1.80. The van der Waals surface area contributed by atoms with E-state index < -0.39 is 5.54 Å². The first-order valence-corrected chi connectivity index (χ1v) is 12.2. The summed E-state index contributed by atoms with van der Waals surface area (Å²) in [5.41, 5.74) is 1.43. The van der Waals surface area contributed by atoms with E-state index in [1.54, 1.807) is 21.3 Å². The van der Waals surface area contributed by atoms with E-state index in [0.717, 1.165) is 44.3 Å². The minimum absolute atomic E-state index is 0.0910. The van der Waals surface area contributed by atoms with Crippen LogP contribution in [0.2, 0.25) is 0 Å². The number of urea groups is 1. The second-order valence-corrected chi connectivity index (χ2v) is 9.26. The molecule has 35 heavy (non-hydrogen) atoms. The van der Waals surface area contributed by atoms with Crippen molar-refractivity contribution in [3.8, 4) is 17.2 Å². The van der Waals surface area contributed by atoms with Gasteiger partial charge in [-0.1, -0.05) is 36.4 Å². The molecule has 8 heteroatoms. The van der Waals surface area contributed by atoms with Gasteiger partial charge >= 0.3 is 6.03 Å². The van der Waals surface area contributed by atoms with E-state index in [9.17, 15) is 9.59 Å². The van der Waals surface area contributed by atoms with Crippen molar-refractivity contribution in [3.63, 3.8) is 0 Å². The van der Waals surface area contributed by atoms with Crippen molar-refractivity contribution in [2.75, 3.05) is 34.4 Å². The molecule has 4 rings (SSSR count). The van der Waals surface area contributed by atoms with Crippen molar-refractivity contribution in [3.05, 3.63) is 53.6 Å². The highest BCUT2D eigenvalue weighted by Gasteiger charge is 2.51. The molecule has 8 nitrogen and oxygen atoms in total. The van der Waals surface area contributed by atoms with Crippen molar-refractivity contribution >= 4 is 11.9 Å². The first kappa shape index (κ1) is 24.9. The number of carbonyl (C=O) groups excluding carboxylic acids is 2. The highest BCUT2D eigenvalue weighted by atomic mass is 16.5. The fourth-order valence-corrected chi connectivity index (χ4v) is 5.50. The lowest BCUT2D eigenvalue weighted by Crippen LogP contribution is -2.56. The molecule has 2 aromatic carbocycles. The molecule has 2 fully saturated rings. The summed E-state index contributed by atoms with van der Waals surface area (Å²) < 4.78 is 16.6. The van der Waals surface area contributed by atoms with Crippen LogP contribution in [0.3, 0.4) is 0 Å². The largest absolute Gasteiger partial charge is 0.493 e. The number of rotatable bonds is 10. The minimum atomic E-state index is -0.834. The molecule has 2 N–H and O–H groups in total. The summed E-state index contributed by atoms with van der Waals surface area (Å²) in [6.07, 6.45) is 4.00. The molecule has 0 spiro atoms. The third-order valence-corrected chi connectivity index (χ3v) is 7.31. The number of benzene rings is 2. The number of hydrogen-bond donors (Lipinski definition) is 2. The molecule has 3 amide bonds. The number of piperidine rings is 1. The van der Waals surface area contributed by atoms with Crippen LogP contribution in [0.15, 0.2) is 42.5 Å². The average molecular weight is 482 g/mol. The Balaban J connectivity index is 1.42. The summed E-state index contributed by atoms with van der Waals surface area (Å²) in [6, 6.07) is 13.8. The Bertz CT molecular complexity index is 1040. The quantitative estimate of drug-likeness (QED) is 0.505. The number of nitrogens with zero attached hydrogens (tertiary/aromatic N) is 1. The van der Waals surface area contributed by atoms with Crippen LogP contribution in [0.5, 0.6) is 17.2 Å². The molecular formula is C27H35N3O5. The van der Waals surface area contributed by atoms with Crippen LogP contribution in [-0.2, 0) is 17.8 Å². The van der Waals surface area contributed by atoms with Gasteiger partial charge in [0.25, 0.3) is 5.91 Å². The number of amides is 3. The zero-order valence-corrected chi connectivity index (χ0v) is 20.8. The van der Waals surface area contributed by atoms with Gasteiger partial charge in [0.15, 0.2) is 11.5 Å². The van der Waals surface area contributed by atoms with Crippen LogP contribution >= 0.6 is 0 Å². The number of methoxy groups -OCH3 is 3. The van der Waals surface area contributed by atoms with Crippen molar-refractivity contribution in [2.45, 2.75) is 44.2 Å². The Labute approximate surface area is 206 Å². The number of aryl methyl sites for hydroxylation is 1. The molecular weight excluding hydrogens is 446 g/mol. The van der Waals surface area contributed by atoms with Gasteiger partial charge in [0, 0.05) is 12.1 Å². The molecule has 2 saturated heterocycles. The third kappa shape index (κ3) is 5.22. The highest BCUT2D eigenvalue weighted by molar-refractivity contribution is 6.07. The van der Waals surface area contributed by atoms with Crippen LogP contribution in [0.25, 0.3) is 0 Å². The predicted molar refractivity (Wildman–Crippen MR) is 133 cm³/mol. The first-order chi connectivity index (χ1) is 17.0. The van der Waals surface area contributed by atoms with E-state index in [2.05, 4.69) is 27.7 Å².